The average molecular weight is 276 g/mol. The standard InChI is InChI=1S/C17H24O3/c1-19-13-5-3-6-14(11-13)20-15-8-9-16-12(10-15)4-2-7-17(16)18/h8-10,13-14,17-18H,2-7,11H2,1H3. The number of rotatable bonds is 3. The predicted molar refractivity (Wildman–Crippen MR) is 78.0 cm³/mol. The Labute approximate surface area is 120 Å². The minimum absolute atomic E-state index is 0.264. The molecule has 0 heterocycles. The van der Waals surface area contributed by atoms with E-state index in [1.807, 2.05) is 12.1 Å². The number of ether oxygens (including phenoxy) is 2. The number of fused-ring (bicyclic) bond motifs is 1. The molecule has 1 aromatic rings. The van der Waals surface area contributed by atoms with Crippen molar-refractivity contribution in [3.05, 3.63) is 29.3 Å². The molecule has 3 unspecified atom stereocenters. The van der Waals surface area contributed by atoms with Crippen molar-refractivity contribution in [2.45, 2.75) is 63.3 Å². The quantitative estimate of drug-likeness (QED) is 0.919. The normalized spacial score (nSPS) is 29.8. The molecule has 0 aromatic heterocycles. The first-order chi connectivity index (χ1) is 9.76. The second-order valence-electron chi connectivity index (χ2n) is 6.03. The van der Waals surface area contributed by atoms with E-state index >= 15 is 0 Å². The summed E-state index contributed by atoms with van der Waals surface area (Å²) in [5.74, 6) is 0.944. The van der Waals surface area contributed by atoms with Crippen LogP contribution in [0.5, 0.6) is 5.75 Å². The molecule has 0 aliphatic heterocycles. The van der Waals surface area contributed by atoms with E-state index in [0.29, 0.717) is 6.10 Å². The van der Waals surface area contributed by atoms with Gasteiger partial charge in [-0.1, -0.05) is 6.07 Å². The first kappa shape index (κ1) is 13.9. The number of benzene rings is 1. The Kier molecular flexibility index (Phi) is 4.27. The molecule has 3 rings (SSSR count). The highest BCUT2D eigenvalue weighted by Crippen LogP contribution is 2.33. The van der Waals surface area contributed by atoms with Gasteiger partial charge in [-0.05, 0) is 61.8 Å². The fourth-order valence-electron chi connectivity index (χ4n) is 3.45. The molecular formula is C17H24O3. The molecule has 1 N–H and O–H groups in total. The van der Waals surface area contributed by atoms with E-state index < -0.39 is 0 Å². The van der Waals surface area contributed by atoms with Gasteiger partial charge in [-0.3, -0.25) is 0 Å². The van der Waals surface area contributed by atoms with Crippen molar-refractivity contribution < 1.29 is 14.6 Å². The van der Waals surface area contributed by atoms with E-state index in [4.69, 9.17) is 9.47 Å². The molecule has 2 aliphatic rings. The number of hydrogen-bond donors (Lipinski definition) is 1. The lowest BCUT2D eigenvalue weighted by molar-refractivity contribution is 0.0209. The van der Waals surface area contributed by atoms with Gasteiger partial charge in [0, 0.05) is 13.5 Å². The molecular weight excluding hydrogens is 252 g/mol. The van der Waals surface area contributed by atoms with Gasteiger partial charge in [-0.2, -0.15) is 0 Å². The van der Waals surface area contributed by atoms with Gasteiger partial charge in [0.05, 0.1) is 12.2 Å². The maximum Gasteiger partial charge on any atom is 0.120 e. The number of hydrogen-bond acceptors (Lipinski definition) is 3. The number of aryl methyl sites for hydroxylation is 1. The van der Waals surface area contributed by atoms with Crippen molar-refractivity contribution in [2.75, 3.05) is 7.11 Å². The molecule has 0 saturated heterocycles. The van der Waals surface area contributed by atoms with Gasteiger partial charge in [0.15, 0.2) is 0 Å². The Morgan fingerprint density at radius 2 is 1.95 bits per heavy atom. The van der Waals surface area contributed by atoms with Crippen LogP contribution in [0.1, 0.15) is 55.8 Å². The van der Waals surface area contributed by atoms with Gasteiger partial charge in [0.2, 0.25) is 0 Å². The van der Waals surface area contributed by atoms with Crippen molar-refractivity contribution in [1.29, 1.82) is 0 Å². The van der Waals surface area contributed by atoms with Crippen LogP contribution in [0.25, 0.3) is 0 Å². The third kappa shape index (κ3) is 2.99. The fraction of sp³-hybridized carbons (Fsp3) is 0.647. The zero-order chi connectivity index (χ0) is 13.9. The number of aliphatic hydroxyl groups excluding tert-OH is 1. The summed E-state index contributed by atoms with van der Waals surface area (Å²) < 4.78 is 11.6. The zero-order valence-corrected chi connectivity index (χ0v) is 12.2. The second kappa shape index (κ2) is 6.15. The van der Waals surface area contributed by atoms with E-state index in [1.165, 1.54) is 12.0 Å². The summed E-state index contributed by atoms with van der Waals surface area (Å²) in [6.07, 6.45) is 7.72. The maximum atomic E-state index is 9.98. The molecule has 1 fully saturated rings. The topological polar surface area (TPSA) is 38.7 Å². The largest absolute Gasteiger partial charge is 0.490 e. The van der Waals surface area contributed by atoms with Gasteiger partial charge in [0.1, 0.15) is 11.9 Å². The van der Waals surface area contributed by atoms with Crippen LogP contribution in [0.4, 0.5) is 0 Å². The minimum atomic E-state index is -0.291. The van der Waals surface area contributed by atoms with Gasteiger partial charge < -0.3 is 14.6 Å². The van der Waals surface area contributed by atoms with Crippen LogP contribution in [-0.4, -0.2) is 24.4 Å². The SMILES string of the molecule is COC1CCCC(Oc2ccc3c(c2)CCCC3O)C1. The van der Waals surface area contributed by atoms with Gasteiger partial charge in [-0.15, -0.1) is 0 Å². The average Bonchev–Trinajstić information content (AvgIpc) is 2.47. The first-order valence-electron chi connectivity index (χ1n) is 7.76. The Morgan fingerprint density at radius 3 is 2.80 bits per heavy atom. The molecule has 3 atom stereocenters. The molecule has 3 nitrogen and oxygen atoms in total. The first-order valence-corrected chi connectivity index (χ1v) is 7.76. The predicted octanol–water partition coefficient (Wildman–Crippen LogP) is 3.39. The lowest BCUT2D eigenvalue weighted by Gasteiger charge is -2.29. The summed E-state index contributed by atoms with van der Waals surface area (Å²) in [5, 5.41) is 9.98. The molecule has 20 heavy (non-hydrogen) atoms. The van der Waals surface area contributed by atoms with Gasteiger partial charge >= 0.3 is 0 Å². The highest BCUT2D eigenvalue weighted by Gasteiger charge is 2.24. The van der Waals surface area contributed by atoms with Crippen LogP contribution in [0.2, 0.25) is 0 Å². The third-order valence-electron chi connectivity index (χ3n) is 4.61. The van der Waals surface area contributed by atoms with E-state index in [0.717, 1.165) is 49.8 Å². The maximum absolute atomic E-state index is 9.98. The lowest BCUT2D eigenvalue weighted by Crippen LogP contribution is -2.29. The van der Waals surface area contributed by atoms with Crippen LogP contribution < -0.4 is 4.74 Å². The monoisotopic (exact) mass is 276 g/mol. The van der Waals surface area contributed by atoms with Crippen molar-refractivity contribution in [1.82, 2.24) is 0 Å². The summed E-state index contributed by atoms with van der Waals surface area (Å²) in [6, 6.07) is 6.16. The van der Waals surface area contributed by atoms with Crippen LogP contribution in [0.3, 0.4) is 0 Å². The van der Waals surface area contributed by atoms with Crippen molar-refractivity contribution in [3.8, 4) is 5.75 Å². The van der Waals surface area contributed by atoms with Crippen LogP contribution in [0.15, 0.2) is 18.2 Å². The van der Waals surface area contributed by atoms with Crippen molar-refractivity contribution in [3.63, 3.8) is 0 Å². The van der Waals surface area contributed by atoms with Gasteiger partial charge in [-0.25, -0.2) is 0 Å². The van der Waals surface area contributed by atoms with Gasteiger partial charge in [0.25, 0.3) is 0 Å². The van der Waals surface area contributed by atoms with Crippen LogP contribution >= 0.6 is 0 Å². The lowest BCUT2D eigenvalue weighted by atomic mass is 9.89. The molecule has 2 aliphatic carbocycles. The zero-order valence-electron chi connectivity index (χ0n) is 12.2. The summed E-state index contributed by atoms with van der Waals surface area (Å²) in [5.41, 5.74) is 2.34. The Bertz CT molecular complexity index is 458. The third-order valence-corrected chi connectivity index (χ3v) is 4.61. The molecule has 3 heteroatoms. The second-order valence-corrected chi connectivity index (χ2v) is 6.03. The van der Waals surface area contributed by atoms with E-state index in [9.17, 15) is 5.11 Å². The molecule has 0 bridgehead atoms. The highest BCUT2D eigenvalue weighted by atomic mass is 16.5. The summed E-state index contributed by atoms with van der Waals surface area (Å²) in [7, 11) is 1.79. The molecule has 0 amide bonds. The van der Waals surface area contributed by atoms with E-state index in [1.54, 1.807) is 7.11 Å². The molecule has 0 radical (unpaired) electrons. The summed E-state index contributed by atoms with van der Waals surface area (Å²) in [4.78, 5) is 0. The Balaban J connectivity index is 1.68. The minimum Gasteiger partial charge on any atom is -0.490 e. The summed E-state index contributed by atoms with van der Waals surface area (Å²) >= 11 is 0. The van der Waals surface area contributed by atoms with Crippen LogP contribution in [0, 0.1) is 0 Å². The van der Waals surface area contributed by atoms with Crippen molar-refractivity contribution in [2.24, 2.45) is 0 Å². The highest BCUT2D eigenvalue weighted by molar-refractivity contribution is 5.38. The van der Waals surface area contributed by atoms with E-state index in [2.05, 4.69) is 6.07 Å². The number of aliphatic hydroxyl groups is 1. The Morgan fingerprint density at radius 1 is 1.10 bits per heavy atom. The fourth-order valence-corrected chi connectivity index (χ4v) is 3.45. The molecule has 1 saturated carbocycles. The summed E-state index contributed by atoms with van der Waals surface area (Å²) in [6.45, 7) is 0. The van der Waals surface area contributed by atoms with Crippen LogP contribution in [-0.2, 0) is 11.2 Å². The molecule has 0 spiro atoms. The molecule has 1 aromatic carbocycles. The molecule has 110 valence electrons. The van der Waals surface area contributed by atoms with Crippen molar-refractivity contribution >= 4 is 0 Å². The van der Waals surface area contributed by atoms with E-state index in [-0.39, 0.29) is 12.2 Å². The number of methoxy groups -OCH3 is 1. The smallest absolute Gasteiger partial charge is 0.120 e. The Hall–Kier alpha value is -1.06.